The smallest absolute Gasteiger partial charge is 0.224 e. The second kappa shape index (κ2) is 8.61. The minimum Gasteiger partial charge on any atom is -0.494 e. The summed E-state index contributed by atoms with van der Waals surface area (Å²) in [6, 6.07) is 7.62. The van der Waals surface area contributed by atoms with E-state index in [0.717, 1.165) is 29.7 Å². The van der Waals surface area contributed by atoms with Gasteiger partial charge in [-0.3, -0.25) is 15.0 Å². The average Bonchev–Trinajstić information content (AvgIpc) is 3.58. The molecular weight excluding hydrogens is 416 g/mol. The van der Waals surface area contributed by atoms with Crippen LogP contribution in [0, 0.1) is 5.41 Å². The summed E-state index contributed by atoms with van der Waals surface area (Å²) in [7, 11) is 1.57. The van der Waals surface area contributed by atoms with E-state index in [0.29, 0.717) is 47.4 Å². The van der Waals surface area contributed by atoms with Gasteiger partial charge in [-0.1, -0.05) is 33.8 Å². The molecule has 7 heteroatoms. The van der Waals surface area contributed by atoms with Crippen molar-refractivity contribution in [2.75, 3.05) is 19.0 Å². The number of aromatic nitrogens is 1. The maximum Gasteiger partial charge on any atom is 0.224 e. The van der Waals surface area contributed by atoms with Crippen molar-refractivity contribution in [1.82, 2.24) is 9.88 Å². The Balaban J connectivity index is 1.61. The number of nitrogens with one attached hydrogen (secondary N) is 2. The van der Waals surface area contributed by atoms with Crippen molar-refractivity contribution in [3.05, 3.63) is 52.3 Å². The molecule has 1 fully saturated rings. The molecule has 2 heterocycles. The molecule has 2 aliphatic rings. The van der Waals surface area contributed by atoms with Crippen LogP contribution in [-0.4, -0.2) is 41.1 Å². The quantitative estimate of drug-likeness (QED) is 0.602. The Bertz CT molecular complexity index is 1130. The van der Waals surface area contributed by atoms with Crippen molar-refractivity contribution in [2.24, 2.45) is 0 Å². The lowest BCUT2D eigenvalue weighted by molar-refractivity contribution is -0.115. The fourth-order valence-electron chi connectivity index (χ4n) is 4.17. The van der Waals surface area contributed by atoms with Crippen molar-refractivity contribution >= 4 is 23.2 Å². The minimum absolute atomic E-state index is 0.0744. The summed E-state index contributed by atoms with van der Waals surface area (Å²) in [5.74, 6) is 1.12. The molecule has 1 aromatic carbocycles. The number of rotatable bonds is 7. The molecule has 0 unspecified atom stereocenters. The number of carbonyl (C=O) groups is 2. The number of benzene rings is 1. The molecule has 4 rings (SSSR count). The van der Waals surface area contributed by atoms with Gasteiger partial charge in [-0.25, -0.2) is 4.98 Å². The number of ether oxygens (including phenoxy) is 1. The zero-order valence-corrected chi connectivity index (χ0v) is 20.0. The van der Waals surface area contributed by atoms with Gasteiger partial charge in [0.15, 0.2) is 5.78 Å². The number of Topliss-reactive ketones (excluding diaryl/α,β-unsaturated/α-hetero) is 1. The summed E-state index contributed by atoms with van der Waals surface area (Å²) >= 11 is 0. The molecule has 0 bridgehead atoms. The van der Waals surface area contributed by atoms with Crippen LogP contribution in [0.15, 0.2) is 24.3 Å². The highest BCUT2D eigenvalue weighted by atomic mass is 16.5. The highest BCUT2D eigenvalue weighted by Gasteiger charge is 2.32. The van der Waals surface area contributed by atoms with E-state index in [-0.39, 0.29) is 23.7 Å². The molecule has 33 heavy (non-hydrogen) atoms. The van der Waals surface area contributed by atoms with Crippen molar-refractivity contribution in [3.63, 3.8) is 0 Å². The van der Waals surface area contributed by atoms with Gasteiger partial charge in [0.2, 0.25) is 5.91 Å². The molecule has 0 saturated heterocycles. The van der Waals surface area contributed by atoms with E-state index < -0.39 is 0 Å². The van der Waals surface area contributed by atoms with E-state index in [1.807, 2.05) is 32.9 Å². The van der Waals surface area contributed by atoms with Crippen LogP contribution in [0.3, 0.4) is 0 Å². The molecule has 7 nitrogen and oxygen atoms in total. The Hall–Kier alpha value is -3.22. The van der Waals surface area contributed by atoms with Crippen LogP contribution in [0.2, 0.25) is 0 Å². The van der Waals surface area contributed by atoms with Gasteiger partial charge in [-0.2, -0.15) is 0 Å². The fraction of sp³-hybridized carbons (Fsp3) is 0.462. The van der Waals surface area contributed by atoms with Crippen LogP contribution in [0.25, 0.3) is 0 Å². The second-order valence-electron chi connectivity index (χ2n) is 9.90. The van der Waals surface area contributed by atoms with Crippen LogP contribution >= 0.6 is 0 Å². The summed E-state index contributed by atoms with van der Waals surface area (Å²) in [5.41, 5.74) is 4.25. The third kappa shape index (κ3) is 4.63. The first kappa shape index (κ1) is 23.0. The van der Waals surface area contributed by atoms with Crippen molar-refractivity contribution in [3.8, 4) is 5.75 Å². The average molecular weight is 449 g/mol. The first-order chi connectivity index (χ1) is 15.6. The number of ketones is 1. The molecule has 174 valence electrons. The monoisotopic (exact) mass is 448 g/mol. The predicted octanol–water partition coefficient (Wildman–Crippen LogP) is 4.64. The SMILES string of the molecule is CCC(=O)Nc1cc(C(=O)CN2Cc3ccc(C4CC4)nc3C2=N)cc(C(C)(C)C)c1OC. The van der Waals surface area contributed by atoms with E-state index in [4.69, 9.17) is 15.1 Å². The van der Waals surface area contributed by atoms with Crippen molar-refractivity contribution in [1.29, 1.82) is 5.41 Å². The number of pyridine rings is 1. The van der Waals surface area contributed by atoms with Gasteiger partial charge >= 0.3 is 0 Å². The van der Waals surface area contributed by atoms with Crippen molar-refractivity contribution in [2.45, 2.75) is 64.8 Å². The maximum absolute atomic E-state index is 13.4. The molecule has 0 spiro atoms. The van der Waals surface area contributed by atoms with E-state index in [9.17, 15) is 9.59 Å². The molecule has 0 atom stereocenters. The summed E-state index contributed by atoms with van der Waals surface area (Å²) in [5, 5.41) is 11.5. The Kier molecular flexibility index (Phi) is 5.99. The molecule has 0 radical (unpaired) electrons. The zero-order valence-electron chi connectivity index (χ0n) is 20.0. The van der Waals surface area contributed by atoms with E-state index in [2.05, 4.69) is 11.4 Å². The molecule has 1 aliphatic carbocycles. The molecular formula is C26H32N4O3. The van der Waals surface area contributed by atoms with E-state index in [1.165, 1.54) is 0 Å². The third-order valence-electron chi connectivity index (χ3n) is 6.25. The molecule has 1 aromatic heterocycles. The zero-order chi connectivity index (χ0) is 23.9. The van der Waals surface area contributed by atoms with Gasteiger partial charge < -0.3 is 15.0 Å². The number of amides is 1. The van der Waals surface area contributed by atoms with Crippen LogP contribution in [0.5, 0.6) is 5.75 Å². The Morgan fingerprint density at radius 3 is 2.58 bits per heavy atom. The van der Waals surface area contributed by atoms with Gasteiger partial charge in [0.25, 0.3) is 0 Å². The van der Waals surface area contributed by atoms with Gasteiger partial charge in [-0.05, 0) is 36.5 Å². The molecule has 2 aromatic rings. The fourth-order valence-corrected chi connectivity index (χ4v) is 4.17. The summed E-state index contributed by atoms with van der Waals surface area (Å²) in [6.07, 6.45) is 2.64. The Labute approximate surface area is 195 Å². The lowest BCUT2D eigenvalue weighted by Gasteiger charge is -2.25. The number of methoxy groups -OCH3 is 1. The first-order valence-electron chi connectivity index (χ1n) is 11.5. The van der Waals surface area contributed by atoms with E-state index in [1.54, 1.807) is 25.0 Å². The highest BCUT2D eigenvalue weighted by Crippen LogP contribution is 2.40. The number of nitrogens with zero attached hydrogens (tertiary/aromatic N) is 2. The van der Waals surface area contributed by atoms with Gasteiger partial charge in [0.1, 0.15) is 17.3 Å². The molecule has 1 saturated carbocycles. The summed E-state index contributed by atoms with van der Waals surface area (Å²) < 4.78 is 5.63. The molecule has 2 N–H and O–H groups in total. The third-order valence-corrected chi connectivity index (χ3v) is 6.25. The maximum atomic E-state index is 13.4. The lowest BCUT2D eigenvalue weighted by atomic mass is 9.84. The second-order valence-corrected chi connectivity index (χ2v) is 9.90. The van der Waals surface area contributed by atoms with E-state index >= 15 is 0 Å². The first-order valence-corrected chi connectivity index (χ1v) is 11.5. The van der Waals surface area contributed by atoms with Gasteiger partial charge in [0.05, 0.1) is 19.3 Å². The highest BCUT2D eigenvalue weighted by molar-refractivity contribution is 6.05. The Morgan fingerprint density at radius 1 is 1.24 bits per heavy atom. The van der Waals surface area contributed by atoms with Crippen LogP contribution in [0.1, 0.15) is 85.7 Å². The summed E-state index contributed by atoms with van der Waals surface area (Å²) in [6.45, 7) is 8.48. The standard InChI is InChI=1S/C26H32N4O3/c1-6-22(32)28-20-12-17(11-18(24(20)33-5)26(2,3)4)21(31)14-30-13-16-9-10-19(15-7-8-15)29-23(16)25(30)27/h9-12,15,27H,6-8,13-14H2,1-5H3,(H,28,32). The number of hydrogen-bond acceptors (Lipinski definition) is 5. The number of anilines is 1. The Morgan fingerprint density at radius 2 is 1.97 bits per heavy atom. The number of carbonyl (C=O) groups excluding carboxylic acids is 2. The molecule has 1 aliphatic heterocycles. The summed E-state index contributed by atoms with van der Waals surface area (Å²) in [4.78, 5) is 32.0. The number of fused-ring (bicyclic) bond motifs is 1. The van der Waals surface area contributed by atoms with Gasteiger partial charge in [-0.15, -0.1) is 0 Å². The minimum atomic E-state index is -0.299. The van der Waals surface area contributed by atoms with Gasteiger partial charge in [0, 0.05) is 41.3 Å². The van der Waals surface area contributed by atoms with Crippen LogP contribution in [-0.2, 0) is 16.8 Å². The largest absolute Gasteiger partial charge is 0.494 e. The topological polar surface area (TPSA) is 95.4 Å². The number of amidine groups is 1. The lowest BCUT2D eigenvalue weighted by Crippen LogP contribution is -2.31. The number of hydrogen-bond donors (Lipinski definition) is 2. The van der Waals surface area contributed by atoms with Crippen LogP contribution in [0.4, 0.5) is 5.69 Å². The van der Waals surface area contributed by atoms with Crippen LogP contribution < -0.4 is 10.1 Å². The van der Waals surface area contributed by atoms with Crippen molar-refractivity contribution < 1.29 is 14.3 Å². The predicted molar refractivity (Wildman–Crippen MR) is 128 cm³/mol. The molecule has 1 amide bonds. The normalized spacial score (nSPS) is 15.4.